The predicted octanol–water partition coefficient (Wildman–Crippen LogP) is 10.6. The molecule has 198 valence electrons. The maximum absolute atomic E-state index is 3.72. The first-order chi connectivity index (χ1) is 20.8. The van der Waals surface area contributed by atoms with Crippen molar-refractivity contribution in [1.82, 2.24) is 0 Å². The molecule has 42 heavy (non-hydrogen) atoms. The number of hydrogen-bond donors (Lipinski definition) is 1. The van der Waals surface area contributed by atoms with Crippen molar-refractivity contribution in [3.05, 3.63) is 192 Å². The van der Waals surface area contributed by atoms with Crippen LogP contribution in [0.15, 0.2) is 170 Å². The summed E-state index contributed by atoms with van der Waals surface area (Å²) in [5.41, 5.74) is 11.9. The SMILES string of the molecule is c1ccc(-c2ccc(Nc3ccc4c(c3)C(c3ccccc3)(c3ccccc3)c3ccc5ccccc5c3-4)cc2)cc1. The second-order valence-corrected chi connectivity index (χ2v) is 11.0. The molecule has 1 heteroatoms. The van der Waals surface area contributed by atoms with Crippen molar-refractivity contribution in [1.29, 1.82) is 0 Å². The van der Waals surface area contributed by atoms with E-state index in [1.54, 1.807) is 0 Å². The summed E-state index contributed by atoms with van der Waals surface area (Å²) in [6.45, 7) is 0. The minimum absolute atomic E-state index is 0.438. The summed E-state index contributed by atoms with van der Waals surface area (Å²) in [7, 11) is 0. The Morgan fingerprint density at radius 1 is 0.405 bits per heavy atom. The Morgan fingerprint density at radius 3 is 1.67 bits per heavy atom. The van der Waals surface area contributed by atoms with Crippen molar-refractivity contribution in [2.24, 2.45) is 0 Å². The van der Waals surface area contributed by atoms with E-state index in [1.807, 2.05) is 0 Å². The monoisotopic (exact) mass is 535 g/mol. The lowest BCUT2D eigenvalue weighted by molar-refractivity contribution is 0.769. The van der Waals surface area contributed by atoms with E-state index >= 15 is 0 Å². The Balaban J connectivity index is 1.33. The zero-order valence-electron chi connectivity index (χ0n) is 23.2. The molecule has 1 aliphatic rings. The van der Waals surface area contributed by atoms with Crippen LogP contribution in [0.5, 0.6) is 0 Å². The maximum Gasteiger partial charge on any atom is 0.0714 e. The summed E-state index contributed by atoms with van der Waals surface area (Å²) >= 11 is 0. The number of hydrogen-bond acceptors (Lipinski definition) is 1. The molecule has 0 saturated heterocycles. The van der Waals surface area contributed by atoms with Crippen molar-refractivity contribution in [3.63, 3.8) is 0 Å². The van der Waals surface area contributed by atoms with Crippen LogP contribution in [0.1, 0.15) is 22.3 Å². The summed E-state index contributed by atoms with van der Waals surface area (Å²) < 4.78 is 0. The largest absolute Gasteiger partial charge is 0.356 e. The summed E-state index contributed by atoms with van der Waals surface area (Å²) in [5, 5.41) is 6.27. The van der Waals surface area contributed by atoms with Crippen molar-refractivity contribution in [2.45, 2.75) is 5.41 Å². The van der Waals surface area contributed by atoms with Gasteiger partial charge in [0.25, 0.3) is 0 Å². The molecule has 0 saturated carbocycles. The average molecular weight is 536 g/mol. The van der Waals surface area contributed by atoms with E-state index < -0.39 is 5.41 Å². The Kier molecular flexibility index (Phi) is 5.75. The second kappa shape index (κ2) is 9.90. The highest BCUT2D eigenvalue weighted by Crippen LogP contribution is 2.58. The maximum atomic E-state index is 3.72. The lowest BCUT2D eigenvalue weighted by atomic mass is 9.67. The lowest BCUT2D eigenvalue weighted by Gasteiger charge is -2.34. The third kappa shape index (κ3) is 3.78. The summed E-state index contributed by atoms with van der Waals surface area (Å²) in [4.78, 5) is 0. The van der Waals surface area contributed by atoms with E-state index in [2.05, 4.69) is 175 Å². The highest BCUT2D eigenvalue weighted by atomic mass is 14.9. The second-order valence-electron chi connectivity index (χ2n) is 11.0. The molecule has 0 amide bonds. The Labute approximate surface area is 246 Å². The Bertz CT molecular complexity index is 1990. The Hall–Kier alpha value is -5.40. The van der Waals surface area contributed by atoms with Crippen LogP contribution in [0.25, 0.3) is 33.0 Å². The molecule has 0 aliphatic heterocycles. The van der Waals surface area contributed by atoms with Crippen LogP contribution in [-0.4, -0.2) is 0 Å². The van der Waals surface area contributed by atoms with Gasteiger partial charge < -0.3 is 5.32 Å². The van der Waals surface area contributed by atoms with Gasteiger partial charge in [0.15, 0.2) is 0 Å². The van der Waals surface area contributed by atoms with Gasteiger partial charge in [0.1, 0.15) is 0 Å². The van der Waals surface area contributed by atoms with Gasteiger partial charge in [-0.05, 0) is 79.5 Å². The van der Waals surface area contributed by atoms with Gasteiger partial charge in [-0.1, -0.05) is 146 Å². The third-order valence-electron chi connectivity index (χ3n) is 8.72. The van der Waals surface area contributed by atoms with Crippen LogP contribution in [0.3, 0.4) is 0 Å². The van der Waals surface area contributed by atoms with E-state index in [0.29, 0.717) is 0 Å². The first kappa shape index (κ1) is 24.4. The normalized spacial score (nSPS) is 13.0. The molecule has 1 nitrogen and oxygen atoms in total. The Morgan fingerprint density at radius 2 is 0.976 bits per heavy atom. The highest BCUT2D eigenvalue weighted by molar-refractivity contribution is 6.04. The zero-order chi connectivity index (χ0) is 27.9. The summed E-state index contributed by atoms with van der Waals surface area (Å²) in [5.74, 6) is 0. The van der Waals surface area contributed by atoms with Gasteiger partial charge >= 0.3 is 0 Å². The van der Waals surface area contributed by atoms with E-state index in [-0.39, 0.29) is 0 Å². The van der Waals surface area contributed by atoms with Gasteiger partial charge in [0, 0.05) is 11.4 Å². The van der Waals surface area contributed by atoms with E-state index in [4.69, 9.17) is 0 Å². The van der Waals surface area contributed by atoms with E-state index in [0.717, 1.165) is 11.4 Å². The van der Waals surface area contributed by atoms with Gasteiger partial charge in [-0.3, -0.25) is 0 Å². The molecule has 0 heterocycles. The van der Waals surface area contributed by atoms with E-state index in [9.17, 15) is 0 Å². The van der Waals surface area contributed by atoms with Crippen LogP contribution in [0.2, 0.25) is 0 Å². The van der Waals surface area contributed by atoms with Crippen LogP contribution < -0.4 is 5.32 Å². The van der Waals surface area contributed by atoms with Gasteiger partial charge in [0.05, 0.1) is 5.41 Å². The molecule has 0 spiro atoms. The average Bonchev–Trinajstić information content (AvgIpc) is 3.37. The fraction of sp³-hybridized carbons (Fsp3) is 0.0244. The van der Waals surface area contributed by atoms with Gasteiger partial charge in [-0.15, -0.1) is 0 Å². The molecule has 0 atom stereocenters. The molecule has 0 unspecified atom stereocenters. The molecule has 1 aliphatic carbocycles. The van der Waals surface area contributed by atoms with Crippen LogP contribution in [-0.2, 0) is 5.41 Å². The fourth-order valence-corrected chi connectivity index (χ4v) is 6.88. The topological polar surface area (TPSA) is 12.0 Å². The van der Waals surface area contributed by atoms with Crippen molar-refractivity contribution in [3.8, 4) is 22.3 Å². The lowest BCUT2D eigenvalue weighted by Crippen LogP contribution is -2.28. The van der Waals surface area contributed by atoms with Gasteiger partial charge in [-0.25, -0.2) is 0 Å². The van der Waals surface area contributed by atoms with Crippen LogP contribution in [0, 0.1) is 0 Å². The van der Waals surface area contributed by atoms with Crippen molar-refractivity contribution in [2.75, 3.05) is 5.32 Å². The van der Waals surface area contributed by atoms with Crippen LogP contribution in [0.4, 0.5) is 11.4 Å². The molecule has 1 N–H and O–H groups in total. The number of nitrogens with one attached hydrogen (secondary N) is 1. The quantitative estimate of drug-likeness (QED) is 0.231. The number of anilines is 2. The summed E-state index contributed by atoms with van der Waals surface area (Å²) in [6.07, 6.45) is 0. The molecule has 0 aromatic heterocycles. The molecule has 7 aromatic rings. The standard InChI is InChI=1S/C41H29N/c1-4-12-29(13-5-1)30-20-23-34(24-21-30)42-35-25-26-37-39(28-35)41(32-15-6-2-7-16-32,33-17-8-3-9-18-33)38-27-22-31-14-10-11-19-36(31)40(37)38/h1-28,42H. The predicted molar refractivity (Wildman–Crippen MR) is 176 cm³/mol. The molecule has 7 aromatic carbocycles. The molecule has 0 radical (unpaired) electrons. The first-order valence-electron chi connectivity index (χ1n) is 14.5. The summed E-state index contributed by atoms with van der Waals surface area (Å²) in [6, 6.07) is 61.5. The van der Waals surface area contributed by atoms with Gasteiger partial charge in [0.2, 0.25) is 0 Å². The number of benzene rings is 7. The molecular formula is C41H29N. The number of fused-ring (bicyclic) bond motifs is 5. The minimum Gasteiger partial charge on any atom is -0.356 e. The van der Waals surface area contributed by atoms with Crippen molar-refractivity contribution >= 4 is 22.1 Å². The van der Waals surface area contributed by atoms with Crippen molar-refractivity contribution < 1.29 is 0 Å². The van der Waals surface area contributed by atoms with E-state index in [1.165, 1.54) is 55.3 Å². The number of rotatable bonds is 5. The minimum atomic E-state index is -0.438. The molecule has 8 rings (SSSR count). The molecule has 0 fully saturated rings. The molecule has 0 bridgehead atoms. The highest BCUT2D eigenvalue weighted by Gasteiger charge is 2.46. The van der Waals surface area contributed by atoms with Crippen LogP contribution >= 0.6 is 0 Å². The third-order valence-corrected chi connectivity index (χ3v) is 8.72. The molecular weight excluding hydrogens is 506 g/mol. The first-order valence-corrected chi connectivity index (χ1v) is 14.5. The van der Waals surface area contributed by atoms with Gasteiger partial charge in [-0.2, -0.15) is 0 Å². The smallest absolute Gasteiger partial charge is 0.0714 e. The fourth-order valence-electron chi connectivity index (χ4n) is 6.88. The zero-order valence-corrected chi connectivity index (χ0v) is 23.2.